The number of aliphatic hydroxyl groups is 1. The third kappa shape index (κ3) is 17.9. The van der Waals surface area contributed by atoms with Gasteiger partial charge in [-0.3, -0.25) is 0 Å². The molecule has 3 rings (SSSR count). The van der Waals surface area contributed by atoms with Crippen molar-refractivity contribution in [3.63, 3.8) is 0 Å². The maximum atomic E-state index is 8.06. The van der Waals surface area contributed by atoms with Gasteiger partial charge >= 0.3 is 1.28 Å². The van der Waals surface area contributed by atoms with Crippen molar-refractivity contribution in [2.75, 3.05) is 25.3 Å². The third-order valence-corrected chi connectivity index (χ3v) is 6.00. The van der Waals surface area contributed by atoms with Gasteiger partial charge in [-0.05, 0) is 71.7 Å². The van der Waals surface area contributed by atoms with Gasteiger partial charge in [0.25, 0.3) is 0 Å². The second-order valence-corrected chi connectivity index (χ2v) is 13.0. The maximum Gasteiger partial charge on any atom is 0.355 e. The van der Waals surface area contributed by atoms with Gasteiger partial charge < -0.3 is 24.7 Å². The van der Waals surface area contributed by atoms with Crippen LogP contribution >= 0.6 is 86.9 Å². The Morgan fingerprint density at radius 3 is 2.08 bits per heavy atom. The van der Waals surface area contributed by atoms with Crippen LogP contribution in [-0.4, -0.2) is 52.2 Å². The molecule has 7 nitrogen and oxygen atoms in total. The molecular formula is C21H32Br3Cl2N4O3P2S+. The first kappa shape index (κ1) is 36.5. The number of hydrogen-bond donors (Lipinski definition) is 2. The minimum Gasteiger partial charge on any atom is -0.394 e. The molecule has 0 saturated carbocycles. The highest BCUT2D eigenvalue weighted by Crippen LogP contribution is 2.22. The van der Waals surface area contributed by atoms with Gasteiger partial charge in [-0.15, -0.1) is 0 Å². The number of anilines is 1. The van der Waals surface area contributed by atoms with E-state index in [1.54, 1.807) is 40.3 Å². The zero-order valence-electron chi connectivity index (χ0n) is 21.7. The van der Waals surface area contributed by atoms with Crippen molar-refractivity contribution in [1.82, 2.24) is 14.4 Å². The molecule has 0 spiro atoms. The number of halogens is 5. The maximum absolute atomic E-state index is 8.06. The van der Waals surface area contributed by atoms with E-state index in [2.05, 4.69) is 78.5 Å². The Morgan fingerprint density at radius 1 is 1.25 bits per heavy atom. The predicted molar refractivity (Wildman–Crippen MR) is 173 cm³/mol. The Bertz CT molecular complexity index is 1090. The molecule has 2 unspecified atom stereocenters. The normalized spacial score (nSPS) is 10.9. The van der Waals surface area contributed by atoms with E-state index in [4.69, 9.17) is 44.8 Å². The average molecular weight is 795 g/mol. The summed E-state index contributed by atoms with van der Waals surface area (Å²) in [6.45, 7) is 6.38. The van der Waals surface area contributed by atoms with Gasteiger partial charge in [0.2, 0.25) is 0 Å². The summed E-state index contributed by atoms with van der Waals surface area (Å²) >= 11 is 25.7. The molecule has 0 radical (unpaired) electrons. The number of fused-ring (bicyclic) bond motifs is 1. The molecule has 0 aromatic carbocycles. The number of methoxy groups -OCH3 is 2. The number of aromatic nitrogens is 3. The van der Waals surface area contributed by atoms with Crippen molar-refractivity contribution in [3.05, 3.63) is 55.4 Å². The Labute approximate surface area is 258 Å². The van der Waals surface area contributed by atoms with Crippen LogP contribution in [0.5, 0.6) is 0 Å². The topological polar surface area (TPSA) is 94.9 Å². The fraction of sp³-hybridized carbons (Fsp3) is 0.429. The molecule has 0 aliphatic rings. The number of ether oxygens (including phenoxy) is 2. The third-order valence-electron chi connectivity index (χ3n) is 3.54. The number of rotatable bonds is 3. The molecule has 2 atom stereocenters. The highest BCUT2D eigenvalue weighted by atomic mass is 79.9. The Morgan fingerprint density at radius 2 is 1.72 bits per heavy atom. The summed E-state index contributed by atoms with van der Waals surface area (Å²) in [4.78, 5) is 8.04. The second kappa shape index (κ2) is 21.3. The molecule has 15 heteroatoms. The molecule has 3 aromatic heterocycles. The first-order chi connectivity index (χ1) is 17.0. The first-order valence-corrected chi connectivity index (χ1v) is 16.9. The number of nitrogens with two attached hydrogens (primary N) is 1. The van der Waals surface area contributed by atoms with E-state index >= 15 is 0 Å². The molecule has 3 heterocycles. The van der Waals surface area contributed by atoms with E-state index in [1.165, 1.54) is 0 Å². The van der Waals surface area contributed by atoms with Crippen LogP contribution in [0, 0.1) is 6.92 Å². The van der Waals surface area contributed by atoms with Crippen LogP contribution in [-0.2, 0) is 21.3 Å². The van der Waals surface area contributed by atoms with Crippen molar-refractivity contribution in [1.29, 1.82) is 1.28 Å². The van der Waals surface area contributed by atoms with Gasteiger partial charge in [0.05, 0.1) is 30.0 Å². The molecule has 0 aliphatic carbocycles. The van der Waals surface area contributed by atoms with Gasteiger partial charge in [0.15, 0.2) is 30.2 Å². The van der Waals surface area contributed by atoms with Crippen LogP contribution < -0.4 is 5.73 Å². The zero-order valence-corrected chi connectivity index (χ0v) is 29.8. The van der Waals surface area contributed by atoms with Crippen LogP contribution in [0.3, 0.4) is 0 Å². The van der Waals surface area contributed by atoms with Crippen molar-refractivity contribution in [3.8, 4) is 0 Å². The van der Waals surface area contributed by atoms with Gasteiger partial charge in [0.1, 0.15) is 5.82 Å². The summed E-state index contributed by atoms with van der Waals surface area (Å²) in [7, 11) is 5.44. The highest BCUT2D eigenvalue weighted by molar-refractivity contribution is 9.10. The highest BCUT2D eigenvalue weighted by Gasteiger charge is 2.19. The fourth-order valence-corrected chi connectivity index (χ4v) is 3.69. The average Bonchev–Trinajstić information content (AvgIpc) is 3.16. The van der Waals surface area contributed by atoms with Crippen LogP contribution in [0.1, 0.15) is 26.5 Å². The van der Waals surface area contributed by atoms with Crippen molar-refractivity contribution < 1.29 is 14.6 Å². The predicted octanol–water partition coefficient (Wildman–Crippen LogP) is 7.83. The molecule has 3 aromatic rings. The van der Waals surface area contributed by atoms with Crippen LogP contribution in [0.4, 0.5) is 5.82 Å². The van der Waals surface area contributed by atoms with Crippen molar-refractivity contribution in [2.45, 2.75) is 39.6 Å². The lowest BCUT2D eigenvalue weighted by atomic mass is 10.4. The second-order valence-electron chi connectivity index (χ2n) is 7.01. The Hall–Kier alpha value is 0.490. The minimum absolute atomic E-state index is 0.167. The number of aliphatic hydroxyl groups excluding tert-OH is 1. The lowest BCUT2D eigenvalue weighted by Gasteiger charge is -2.22. The van der Waals surface area contributed by atoms with E-state index < -0.39 is 12.8 Å². The molecular weight excluding hydrogens is 761 g/mol. The van der Waals surface area contributed by atoms with Crippen molar-refractivity contribution in [2.24, 2.45) is 0 Å². The van der Waals surface area contributed by atoms with E-state index in [-0.39, 0.29) is 6.10 Å². The summed E-state index contributed by atoms with van der Waals surface area (Å²) in [5, 5.41) is 9.88. The number of nitrogen functional groups attached to an aromatic ring is 1. The lowest BCUT2D eigenvalue weighted by molar-refractivity contribution is -0.174. The summed E-state index contributed by atoms with van der Waals surface area (Å²) in [5.74, 6) is -0.0973. The summed E-state index contributed by atoms with van der Waals surface area (Å²) in [6.07, 6.45) is 5.30. The Kier molecular flexibility index (Phi) is 21.6. The SMILES string of the molecule is CC(C)O.COC(C)(CBr)OC.Cc1cn2cc(Br)cc(Cl)c2n1.Nc1ncc(Br)cc1Cl.[3H][P+](P)=S. The molecule has 0 aliphatic heterocycles. The van der Waals surface area contributed by atoms with E-state index in [0.29, 0.717) is 21.2 Å². The monoisotopic (exact) mass is 791 g/mol. The van der Waals surface area contributed by atoms with Gasteiger partial charge in [-0.2, -0.15) is 0 Å². The van der Waals surface area contributed by atoms with Crippen LogP contribution in [0.25, 0.3) is 5.65 Å². The molecule has 36 heavy (non-hydrogen) atoms. The molecule has 0 fully saturated rings. The number of imidazole rings is 1. The minimum atomic E-state index is -0.870. The number of nitrogens with zero attached hydrogens (tertiary/aromatic N) is 3. The van der Waals surface area contributed by atoms with Gasteiger partial charge in [0, 0.05) is 47.9 Å². The van der Waals surface area contributed by atoms with Gasteiger partial charge in [-0.1, -0.05) is 39.1 Å². The quantitative estimate of drug-likeness (QED) is 0.159. The van der Waals surface area contributed by atoms with Gasteiger partial charge in [-0.25, -0.2) is 9.97 Å². The van der Waals surface area contributed by atoms with Crippen LogP contribution in [0.2, 0.25) is 10.0 Å². The summed E-state index contributed by atoms with van der Waals surface area (Å²) < 4.78 is 20.1. The molecule has 0 bridgehead atoms. The zero-order chi connectivity index (χ0) is 29.3. The van der Waals surface area contributed by atoms with Crippen molar-refractivity contribution >= 4 is 110 Å². The molecule has 0 saturated heterocycles. The number of alkyl halides is 1. The van der Waals surface area contributed by atoms with E-state index in [0.717, 1.165) is 20.3 Å². The standard InChI is InChI=1S/C8H6BrClN2.C5H4BrClN2.C5H11BrO2.C3H8O.H2P2S/c1-5-3-12-4-6(9)2-7(10)8(12)11-5;6-3-1-4(7)5(8)9-2-3;1-5(4-6,7-2)8-3;1-3(2)4;1-2-3/h2-4H,1H3;1-2H,(H2,8,9);4H2,1-3H3;3-4H,1-2H3;1H2/p+1/i/hT. The smallest absolute Gasteiger partial charge is 0.355 e. The fourth-order valence-electron chi connectivity index (χ4n) is 1.76. The lowest BCUT2D eigenvalue weighted by Crippen LogP contribution is -2.31. The number of aryl methyl sites for hydroxylation is 1. The molecule has 0 amide bonds. The van der Waals surface area contributed by atoms with Crippen LogP contribution in [0.15, 0.2) is 39.7 Å². The largest absolute Gasteiger partial charge is 0.394 e. The summed E-state index contributed by atoms with van der Waals surface area (Å²) in [5.41, 5.74) is 7.10. The number of hydrogen-bond acceptors (Lipinski definition) is 7. The number of pyridine rings is 2. The Balaban J connectivity index is 0. The summed E-state index contributed by atoms with van der Waals surface area (Å²) in [6, 6.07) is 3.53. The molecule has 3 N–H and O–H groups in total. The van der Waals surface area contributed by atoms with E-state index in [9.17, 15) is 0 Å². The molecule has 204 valence electrons. The first-order valence-electron chi connectivity index (χ1n) is 10.4. The van der Waals surface area contributed by atoms with E-state index in [1.807, 2.05) is 36.7 Å².